The topological polar surface area (TPSA) is 88.1 Å². The number of hydrogen-bond acceptors (Lipinski definition) is 3. The largest absolute Gasteiger partial charge is 0.350 e. The summed E-state index contributed by atoms with van der Waals surface area (Å²) in [7, 11) is 1.83. The smallest absolute Gasteiger partial charge is 0.315 e. The summed E-state index contributed by atoms with van der Waals surface area (Å²) in [5.74, 6) is -0.152. The summed E-state index contributed by atoms with van der Waals surface area (Å²) in [5, 5.41) is 12.4. The number of carbonyl (C=O) groups excluding carboxylic acids is 2. The molecule has 3 amide bonds. The maximum Gasteiger partial charge on any atom is 0.315 e. The van der Waals surface area contributed by atoms with Crippen molar-refractivity contribution in [2.24, 2.45) is 7.05 Å². The molecule has 7 heteroatoms. The van der Waals surface area contributed by atoms with Gasteiger partial charge in [0.25, 0.3) is 5.91 Å². The van der Waals surface area contributed by atoms with Gasteiger partial charge in [0.2, 0.25) is 0 Å². The number of nitrogens with zero attached hydrogens (tertiary/aromatic N) is 2. The molecule has 0 aliphatic carbocycles. The molecule has 0 spiro atoms. The first-order chi connectivity index (χ1) is 11.5. The third-order valence-electron chi connectivity index (χ3n) is 3.58. The van der Waals surface area contributed by atoms with Crippen LogP contribution in [0.5, 0.6) is 0 Å². The van der Waals surface area contributed by atoms with Crippen molar-refractivity contribution >= 4 is 11.9 Å². The van der Waals surface area contributed by atoms with Gasteiger partial charge in [-0.25, -0.2) is 4.79 Å². The van der Waals surface area contributed by atoms with Crippen LogP contribution in [-0.2, 0) is 7.05 Å². The first-order valence-electron chi connectivity index (χ1n) is 7.83. The zero-order valence-corrected chi connectivity index (χ0v) is 14.2. The van der Waals surface area contributed by atoms with E-state index >= 15 is 0 Å². The van der Waals surface area contributed by atoms with Crippen molar-refractivity contribution in [1.82, 2.24) is 25.7 Å². The predicted molar refractivity (Wildman–Crippen MR) is 91.7 cm³/mol. The maximum absolute atomic E-state index is 11.9. The lowest BCUT2D eigenvalue weighted by atomic mass is 10.1. The van der Waals surface area contributed by atoms with Gasteiger partial charge in [0.15, 0.2) is 0 Å². The number of amides is 3. The van der Waals surface area contributed by atoms with E-state index in [9.17, 15) is 9.59 Å². The second-order valence-electron chi connectivity index (χ2n) is 5.69. The number of nitrogens with one attached hydrogen (secondary N) is 3. The fourth-order valence-corrected chi connectivity index (χ4v) is 2.15. The second kappa shape index (κ2) is 8.14. The average molecular weight is 329 g/mol. The molecule has 1 aromatic carbocycles. The molecule has 0 bridgehead atoms. The van der Waals surface area contributed by atoms with Crippen molar-refractivity contribution in [1.29, 1.82) is 0 Å². The lowest BCUT2D eigenvalue weighted by molar-refractivity contribution is 0.0954. The van der Waals surface area contributed by atoms with E-state index < -0.39 is 0 Å². The van der Waals surface area contributed by atoms with Gasteiger partial charge < -0.3 is 16.0 Å². The van der Waals surface area contributed by atoms with E-state index in [1.165, 1.54) is 0 Å². The number of aromatic nitrogens is 2. The molecule has 0 saturated heterocycles. The minimum atomic E-state index is -0.282. The van der Waals surface area contributed by atoms with Crippen LogP contribution in [0.25, 0.3) is 0 Å². The molecule has 0 radical (unpaired) electrons. The summed E-state index contributed by atoms with van der Waals surface area (Å²) in [6, 6.07) is 6.92. The molecule has 7 nitrogen and oxygen atoms in total. The molecule has 24 heavy (non-hydrogen) atoms. The van der Waals surface area contributed by atoms with E-state index in [0.717, 1.165) is 11.1 Å². The van der Waals surface area contributed by atoms with Crippen LogP contribution in [-0.4, -0.2) is 34.8 Å². The second-order valence-corrected chi connectivity index (χ2v) is 5.69. The fraction of sp³-hybridized carbons (Fsp3) is 0.353. The van der Waals surface area contributed by atoms with Crippen LogP contribution in [0.3, 0.4) is 0 Å². The van der Waals surface area contributed by atoms with E-state index in [1.54, 1.807) is 23.0 Å². The average Bonchev–Trinajstić information content (AvgIpc) is 2.98. The van der Waals surface area contributed by atoms with Crippen molar-refractivity contribution in [3.63, 3.8) is 0 Å². The SMILES string of the molecule is Cc1ccc(C(=O)NCCNC(=O)N[C@@H](C)c2cnn(C)c2)cc1. The molecular formula is C17H23N5O2. The number of aryl methyl sites for hydroxylation is 2. The van der Waals surface area contributed by atoms with Crippen LogP contribution < -0.4 is 16.0 Å². The molecule has 0 fully saturated rings. The van der Waals surface area contributed by atoms with Gasteiger partial charge in [-0.1, -0.05) is 17.7 Å². The Labute approximate surface area is 141 Å². The quantitative estimate of drug-likeness (QED) is 0.702. The van der Waals surface area contributed by atoms with Crippen LogP contribution in [0.4, 0.5) is 4.79 Å². The standard InChI is InChI=1S/C17H23N5O2/c1-12-4-6-14(7-5-12)16(23)18-8-9-19-17(24)21-13(2)15-10-20-22(3)11-15/h4-7,10-11,13H,8-9H2,1-3H3,(H,18,23)(H2,19,21,24)/t13-/m0/s1. The van der Waals surface area contributed by atoms with Crippen LogP contribution in [0.1, 0.15) is 34.5 Å². The first-order valence-corrected chi connectivity index (χ1v) is 7.83. The van der Waals surface area contributed by atoms with Crippen molar-refractivity contribution < 1.29 is 9.59 Å². The zero-order valence-electron chi connectivity index (χ0n) is 14.2. The highest BCUT2D eigenvalue weighted by molar-refractivity contribution is 5.94. The predicted octanol–water partition coefficient (Wildman–Crippen LogP) is 1.52. The van der Waals surface area contributed by atoms with Gasteiger partial charge in [0.05, 0.1) is 12.2 Å². The fourth-order valence-electron chi connectivity index (χ4n) is 2.15. The molecule has 1 atom stereocenters. The lowest BCUT2D eigenvalue weighted by Gasteiger charge is -2.13. The molecule has 0 aliphatic rings. The Morgan fingerprint density at radius 3 is 2.46 bits per heavy atom. The minimum absolute atomic E-state index is 0.138. The van der Waals surface area contributed by atoms with Crippen molar-refractivity contribution in [3.05, 3.63) is 53.3 Å². The summed E-state index contributed by atoms with van der Waals surface area (Å²) in [6.07, 6.45) is 3.57. The lowest BCUT2D eigenvalue weighted by Crippen LogP contribution is -2.41. The summed E-state index contributed by atoms with van der Waals surface area (Å²) in [4.78, 5) is 23.7. The van der Waals surface area contributed by atoms with E-state index in [4.69, 9.17) is 0 Å². The van der Waals surface area contributed by atoms with Gasteiger partial charge in [0, 0.05) is 37.5 Å². The Morgan fingerprint density at radius 1 is 1.17 bits per heavy atom. The Hall–Kier alpha value is -2.83. The van der Waals surface area contributed by atoms with Crippen LogP contribution in [0.15, 0.2) is 36.7 Å². The van der Waals surface area contributed by atoms with Crippen LogP contribution in [0.2, 0.25) is 0 Å². The van der Waals surface area contributed by atoms with Gasteiger partial charge >= 0.3 is 6.03 Å². The maximum atomic E-state index is 11.9. The zero-order chi connectivity index (χ0) is 17.5. The first kappa shape index (κ1) is 17.5. The highest BCUT2D eigenvalue weighted by Crippen LogP contribution is 2.09. The Balaban J connectivity index is 1.67. The molecule has 2 rings (SSSR count). The van der Waals surface area contributed by atoms with Crippen molar-refractivity contribution in [3.8, 4) is 0 Å². The van der Waals surface area contributed by atoms with Gasteiger partial charge in [0.1, 0.15) is 0 Å². The van der Waals surface area contributed by atoms with E-state index in [0.29, 0.717) is 18.7 Å². The van der Waals surface area contributed by atoms with Gasteiger partial charge in [-0.05, 0) is 26.0 Å². The van der Waals surface area contributed by atoms with Crippen LogP contribution >= 0.6 is 0 Å². The molecule has 0 saturated carbocycles. The molecule has 0 aliphatic heterocycles. The highest BCUT2D eigenvalue weighted by atomic mass is 16.2. The summed E-state index contributed by atoms with van der Waals surface area (Å²) >= 11 is 0. The molecular weight excluding hydrogens is 306 g/mol. The number of carbonyl (C=O) groups is 2. The minimum Gasteiger partial charge on any atom is -0.350 e. The Bertz CT molecular complexity index is 693. The van der Waals surface area contributed by atoms with Crippen molar-refractivity contribution in [2.75, 3.05) is 13.1 Å². The van der Waals surface area contributed by atoms with Gasteiger partial charge in [-0.2, -0.15) is 5.10 Å². The molecule has 0 unspecified atom stereocenters. The van der Waals surface area contributed by atoms with Crippen molar-refractivity contribution in [2.45, 2.75) is 19.9 Å². The molecule has 2 aromatic rings. The Kier molecular flexibility index (Phi) is 5.95. The Morgan fingerprint density at radius 2 is 1.83 bits per heavy atom. The number of hydrogen-bond donors (Lipinski definition) is 3. The monoisotopic (exact) mass is 329 g/mol. The summed E-state index contributed by atoms with van der Waals surface area (Å²) < 4.78 is 1.69. The van der Waals surface area contributed by atoms with Gasteiger partial charge in [-0.15, -0.1) is 0 Å². The number of benzene rings is 1. The molecule has 1 heterocycles. The molecule has 128 valence electrons. The summed E-state index contributed by atoms with van der Waals surface area (Å²) in [6.45, 7) is 4.57. The van der Waals surface area contributed by atoms with Crippen LogP contribution in [0, 0.1) is 6.92 Å². The molecule has 1 aromatic heterocycles. The molecule has 3 N–H and O–H groups in total. The third kappa shape index (κ3) is 5.12. The van der Waals surface area contributed by atoms with Gasteiger partial charge in [-0.3, -0.25) is 9.48 Å². The normalized spacial score (nSPS) is 11.6. The third-order valence-corrected chi connectivity index (χ3v) is 3.58. The van der Waals surface area contributed by atoms with E-state index in [2.05, 4.69) is 21.0 Å². The van der Waals surface area contributed by atoms with E-state index in [-0.39, 0.29) is 18.0 Å². The number of rotatable bonds is 6. The summed E-state index contributed by atoms with van der Waals surface area (Å²) in [5.41, 5.74) is 2.64. The van der Waals surface area contributed by atoms with E-state index in [1.807, 2.05) is 39.2 Å². The number of urea groups is 1. The highest BCUT2D eigenvalue weighted by Gasteiger charge is 2.10.